The average Bonchev–Trinajstić information content (AvgIpc) is 2.10. The van der Waals surface area contributed by atoms with Gasteiger partial charge in [0.2, 0.25) is 0 Å². The van der Waals surface area contributed by atoms with Crippen molar-refractivity contribution in [2.24, 2.45) is 0 Å². The van der Waals surface area contributed by atoms with E-state index in [0.717, 1.165) is 10.4 Å². The Balaban J connectivity index is 2.96. The number of anilines is 1. The van der Waals surface area contributed by atoms with Crippen LogP contribution in [0.2, 0.25) is 0 Å². The number of nitrogens with zero attached hydrogens (tertiary/aromatic N) is 1. The van der Waals surface area contributed by atoms with Crippen molar-refractivity contribution < 1.29 is 12.8 Å². The van der Waals surface area contributed by atoms with E-state index in [4.69, 9.17) is 0 Å². The normalized spacial score (nSPS) is 11.8. The van der Waals surface area contributed by atoms with Crippen LogP contribution >= 0.6 is 15.9 Å². The Hall–Kier alpha value is -0.660. The van der Waals surface area contributed by atoms with E-state index in [1.165, 1.54) is 26.2 Å². The minimum absolute atomic E-state index is 0.185. The highest BCUT2D eigenvalue weighted by Gasteiger charge is 2.13. The number of halogens is 2. The maximum absolute atomic E-state index is 13.1. The molecular formula is C8H10BrFN2O2S. The second-order valence-corrected chi connectivity index (χ2v) is 5.76. The molecule has 1 rings (SSSR count). The van der Waals surface area contributed by atoms with Crippen LogP contribution in [0.4, 0.5) is 10.1 Å². The van der Waals surface area contributed by atoms with Gasteiger partial charge in [-0.1, -0.05) is 0 Å². The smallest absolute Gasteiger partial charge is 0.271 e. The summed E-state index contributed by atoms with van der Waals surface area (Å²) < 4.78 is 39.3. The Morgan fingerprint density at radius 1 is 1.40 bits per heavy atom. The fourth-order valence-corrected chi connectivity index (χ4v) is 1.65. The zero-order valence-corrected chi connectivity index (χ0v) is 10.6. The number of rotatable bonds is 3. The van der Waals surface area contributed by atoms with Gasteiger partial charge in [0.05, 0.1) is 10.2 Å². The Morgan fingerprint density at radius 2 is 2.00 bits per heavy atom. The van der Waals surface area contributed by atoms with Gasteiger partial charge in [0.1, 0.15) is 5.82 Å². The van der Waals surface area contributed by atoms with Crippen molar-refractivity contribution in [1.82, 2.24) is 4.31 Å². The molecule has 7 heteroatoms. The van der Waals surface area contributed by atoms with Crippen LogP contribution in [0, 0.1) is 5.82 Å². The molecule has 0 aromatic heterocycles. The first-order valence-electron chi connectivity index (χ1n) is 3.98. The van der Waals surface area contributed by atoms with Crippen LogP contribution in [0.3, 0.4) is 0 Å². The first kappa shape index (κ1) is 12.4. The number of hydrogen-bond donors (Lipinski definition) is 1. The Morgan fingerprint density at radius 3 is 2.47 bits per heavy atom. The van der Waals surface area contributed by atoms with Gasteiger partial charge in [-0.2, -0.15) is 12.7 Å². The highest BCUT2D eigenvalue weighted by Crippen LogP contribution is 2.20. The number of hydrogen-bond acceptors (Lipinski definition) is 2. The average molecular weight is 297 g/mol. The fraction of sp³-hybridized carbons (Fsp3) is 0.250. The van der Waals surface area contributed by atoms with Gasteiger partial charge >= 0.3 is 10.2 Å². The molecule has 0 atom stereocenters. The maximum atomic E-state index is 13.1. The Labute approximate surface area is 96.4 Å². The predicted molar refractivity (Wildman–Crippen MR) is 60.3 cm³/mol. The summed E-state index contributed by atoms with van der Waals surface area (Å²) in [4.78, 5) is 0. The molecular weight excluding hydrogens is 287 g/mol. The third kappa shape index (κ3) is 3.15. The molecule has 0 fully saturated rings. The van der Waals surface area contributed by atoms with E-state index in [-0.39, 0.29) is 10.2 Å². The van der Waals surface area contributed by atoms with E-state index in [1.807, 2.05) is 0 Å². The van der Waals surface area contributed by atoms with Crippen LogP contribution < -0.4 is 4.72 Å². The van der Waals surface area contributed by atoms with Crippen LogP contribution in [0.25, 0.3) is 0 Å². The van der Waals surface area contributed by atoms with Crippen LogP contribution in [0.15, 0.2) is 22.7 Å². The van der Waals surface area contributed by atoms with Gasteiger partial charge in [0, 0.05) is 14.1 Å². The SMILES string of the molecule is CN(C)S(=O)(=O)Nc1ccc(Br)c(F)c1. The van der Waals surface area contributed by atoms with Crippen LogP contribution in [-0.2, 0) is 10.2 Å². The second kappa shape index (κ2) is 4.46. The van der Waals surface area contributed by atoms with Gasteiger partial charge < -0.3 is 0 Å². The van der Waals surface area contributed by atoms with Gasteiger partial charge in [-0.25, -0.2) is 4.39 Å². The minimum atomic E-state index is -3.58. The summed E-state index contributed by atoms with van der Waals surface area (Å²) in [7, 11) is -0.807. The van der Waals surface area contributed by atoms with Crippen molar-refractivity contribution in [2.45, 2.75) is 0 Å². The molecule has 0 bridgehead atoms. The van der Waals surface area contributed by atoms with Gasteiger partial charge in [-0.15, -0.1) is 0 Å². The minimum Gasteiger partial charge on any atom is -0.271 e. The summed E-state index contributed by atoms with van der Waals surface area (Å²) >= 11 is 2.98. The van der Waals surface area contributed by atoms with Crippen LogP contribution in [0.5, 0.6) is 0 Å². The maximum Gasteiger partial charge on any atom is 0.301 e. The molecule has 0 aliphatic heterocycles. The lowest BCUT2D eigenvalue weighted by Crippen LogP contribution is -2.28. The Bertz CT molecular complexity index is 462. The Kier molecular flexibility index (Phi) is 3.69. The second-order valence-electron chi connectivity index (χ2n) is 3.02. The molecule has 0 spiro atoms. The topological polar surface area (TPSA) is 49.4 Å². The molecule has 0 saturated carbocycles. The molecule has 0 saturated heterocycles. The lowest BCUT2D eigenvalue weighted by Gasteiger charge is -2.13. The molecule has 1 aromatic carbocycles. The molecule has 0 aliphatic carbocycles. The van der Waals surface area contributed by atoms with E-state index in [0.29, 0.717) is 0 Å². The van der Waals surface area contributed by atoms with E-state index in [2.05, 4.69) is 20.7 Å². The van der Waals surface area contributed by atoms with E-state index in [9.17, 15) is 12.8 Å². The summed E-state index contributed by atoms with van der Waals surface area (Å²) in [6, 6.07) is 4.00. The van der Waals surface area contributed by atoms with Crippen molar-refractivity contribution in [3.63, 3.8) is 0 Å². The van der Waals surface area contributed by atoms with E-state index in [1.54, 1.807) is 0 Å². The summed E-state index contributed by atoms with van der Waals surface area (Å²) in [5, 5.41) is 0. The van der Waals surface area contributed by atoms with Crippen molar-refractivity contribution >= 4 is 31.8 Å². The number of nitrogens with one attached hydrogen (secondary N) is 1. The van der Waals surface area contributed by atoms with Gasteiger partial charge in [-0.3, -0.25) is 4.72 Å². The monoisotopic (exact) mass is 296 g/mol. The van der Waals surface area contributed by atoms with Gasteiger partial charge in [0.25, 0.3) is 0 Å². The molecule has 0 radical (unpaired) electrons. The highest BCUT2D eigenvalue weighted by molar-refractivity contribution is 9.10. The highest BCUT2D eigenvalue weighted by atomic mass is 79.9. The van der Waals surface area contributed by atoms with Gasteiger partial charge in [0.15, 0.2) is 0 Å². The molecule has 1 N–H and O–H groups in total. The molecule has 4 nitrogen and oxygen atoms in total. The summed E-state index contributed by atoms with van der Waals surface area (Å²) in [5.41, 5.74) is 0.185. The van der Waals surface area contributed by atoms with Crippen molar-refractivity contribution in [1.29, 1.82) is 0 Å². The largest absolute Gasteiger partial charge is 0.301 e. The van der Waals surface area contributed by atoms with Crippen molar-refractivity contribution in [3.8, 4) is 0 Å². The first-order valence-corrected chi connectivity index (χ1v) is 6.21. The molecule has 0 amide bonds. The quantitative estimate of drug-likeness (QED) is 0.925. The van der Waals surface area contributed by atoms with Crippen molar-refractivity contribution in [3.05, 3.63) is 28.5 Å². The zero-order valence-electron chi connectivity index (χ0n) is 8.16. The molecule has 0 heterocycles. The third-order valence-electron chi connectivity index (χ3n) is 1.65. The van der Waals surface area contributed by atoms with E-state index < -0.39 is 16.0 Å². The third-order valence-corrected chi connectivity index (χ3v) is 3.75. The van der Waals surface area contributed by atoms with Crippen LogP contribution in [0.1, 0.15) is 0 Å². The molecule has 1 aromatic rings. The lowest BCUT2D eigenvalue weighted by atomic mass is 10.3. The standard InChI is InChI=1S/C8H10BrFN2O2S/c1-12(2)15(13,14)11-6-3-4-7(9)8(10)5-6/h3-5,11H,1-2H3. The summed E-state index contributed by atoms with van der Waals surface area (Å²) in [6.45, 7) is 0. The zero-order chi connectivity index (χ0) is 11.6. The molecule has 84 valence electrons. The molecule has 0 unspecified atom stereocenters. The lowest BCUT2D eigenvalue weighted by molar-refractivity contribution is 0.527. The van der Waals surface area contributed by atoms with Crippen molar-refractivity contribution in [2.75, 3.05) is 18.8 Å². The van der Waals surface area contributed by atoms with E-state index >= 15 is 0 Å². The molecule has 0 aliphatic rings. The summed E-state index contributed by atoms with van der Waals surface area (Å²) in [5.74, 6) is -0.519. The first-order chi connectivity index (χ1) is 6.83. The molecule has 15 heavy (non-hydrogen) atoms. The fourth-order valence-electron chi connectivity index (χ4n) is 0.800. The summed E-state index contributed by atoms with van der Waals surface area (Å²) in [6.07, 6.45) is 0. The van der Waals surface area contributed by atoms with Crippen LogP contribution in [-0.4, -0.2) is 26.8 Å². The predicted octanol–water partition coefficient (Wildman–Crippen LogP) is 1.81. The number of benzene rings is 1. The van der Waals surface area contributed by atoms with Gasteiger partial charge in [-0.05, 0) is 34.1 Å².